The Kier molecular flexibility index (Phi) is 5.69. The lowest BCUT2D eigenvalue weighted by Gasteiger charge is -2.18. The number of hydrogen-bond donors (Lipinski definition) is 2. The number of aromatic amines is 1. The van der Waals surface area contributed by atoms with Crippen molar-refractivity contribution in [1.82, 2.24) is 15.1 Å². The van der Waals surface area contributed by atoms with Gasteiger partial charge in [-0.1, -0.05) is 18.2 Å². The molecule has 2 aromatic carbocycles. The number of urea groups is 1. The summed E-state index contributed by atoms with van der Waals surface area (Å²) >= 11 is 0. The number of hydrogen-bond acceptors (Lipinski definition) is 4. The SMILES string of the molecule is COc1ccc(CN(C)C(=O)Nc2cccc(-c3ccc(=O)[nH]n3)c2)cc1F. The summed E-state index contributed by atoms with van der Waals surface area (Å²) in [5, 5.41) is 9.14. The second kappa shape index (κ2) is 8.34. The summed E-state index contributed by atoms with van der Waals surface area (Å²) < 4.78 is 18.7. The smallest absolute Gasteiger partial charge is 0.321 e. The number of ether oxygens (including phenoxy) is 1. The van der Waals surface area contributed by atoms with E-state index in [2.05, 4.69) is 15.5 Å². The van der Waals surface area contributed by atoms with Crippen LogP contribution in [0.5, 0.6) is 5.75 Å². The molecule has 3 rings (SSSR count). The van der Waals surface area contributed by atoms with Crippen LogP contribution in [0, 0.1) is 5.82 Å². The summed E-state index contributed by atoms with van der Waals surface area (Å²) in [4.78, 5) is 25.0. The van der Waals surface area contributed by atoms with Crippen molar-refractivity contribution in [3.05, 3.63) is 76.3 Å². The average molecular weight is 382 g/mol. The van der Waals surface area contributed by atoms with Crippen molar-refractivity contribution in [3.8, 4) is 17.0 Å². The third-order valence-electron chi connectivity index (χ3n) is 4.07. The molecule has 0 saturated heterocycles. The highest BCUT2D eigenvalue weighted by atomic mass is 19.1. The number of carbonyl (C=O) groups excluding carboxylic acids is 1. The number of rotatable bonds is 5. The van der Waals surface area contributed by atoms with Crippen molar-refractivity contribution in [1.29, 1.82) is 0 Å². The Labute approximate surface area is 160 Å². The van der Waals surface area contributed by atoms with Crippen molar-refractivity contribution >= 4 is 11.7 Å². The maximum Gasteiger partial charge on any atom is 0.321 e. The minimum atomic E-state index is -0.477. The van der Waals surface area contributed by atoms with E-state index >= 15 is 0 Å². The molecule has 0 aliphatic rings. The molecule has 2 amide bonds. The second-order valence-corrected chi connectivity index (χ2v) is 6.14. The number of carbonyl (C=O) groups is 1. The predicted molar refractivity (Wildman–Crippen MR) is 104 cm³/mol. The maximum absolute atomic E-state index is 13.8. The Morgan fingerprint density at radius 2 is 2.04 bits per heavy atom. The van der Waals surface area contributed by atoms with E-state index in [-0.39, 0.29) is 23.9 Å². The van der Waals surface area contributed by atoms with Gasteiger partial charge in [-0.3, -0.25) is 4.79 Å². The highest BCUT2D eigenvalue weighted by Crippen LogP contribution is 2.21. The third-order valence-corrected chi connectivity index (χ3v) is 4.07. The summed E-state index contributed by atoms with van der Waals surface area (Å²) in [5.74, 6) is -0.321. The van der Waals surface area contributed by atoms with Crippen LogP contribution in [-0.2, 0) is 6.54 Å². The lowest BCUT2D eigenvalue weighted by Crippen LogP contribution is -2.30. The second-order valence-electron chi connectivity index (χ2n) is 6.14. The van der Waals surface area contributed by atoms with Gasteiger partial charge in [0.1, 0.15) is 0 Å². The topological polar surface area (TPSA) is 87.3 Å². The molecule has 1 aromatic heterocycles. The number of anilines is 1. The lowest BCUT2D eigenvalue weighted by molar-refractivity contribution is 0.220. The molecule has 0 radical (unpaired) electrons. The predicted octanol–water partition coefficient (Wildman–Crippen LogP) is 3.25. The lowest BCUT2D eigenvalue weighted by atomic mass is 10.1. The number of halogens is 1. The van der Waals surface area contributed by atoms with Gasteiger partial charge >= 0.3 is 6.03 Å². The van der Waals surface area contributed by atoms with Gasteiger partial charge in [0.15, 0.2) is 11.6 Å². The maximum atomic E-state index is 13.8. The molecular formula is C20H19FN4O3. The summed E-state index contributed by atoms with van der Waals surface area (Å²) in [6.07, 6.45) is 0. The van der Waals surface area contributed by atoms with Gasteiger partial charge < -0.3 is 15.0 Å². The van der Waals surface area contributed by atoms with Gasteiger partial charge in [0.25, 0.3) is 5.56 Å². The van der Waals surface area contributed by atoms with Crippen LogP contribution < -0.4 is 15.6 Å². The average Bonchev–Trinajstić information content (AvgIpc) is 2.69. The first kappa shape index (κ1) is 19.1. The normalized spacial score (nSPS) is 10.4. The minimum absolute atomic E-state index is 0.156. The standard InChI is InChI=1S/C20H19FN4O3/c1-25(12-13-6-8-18(28-2)16(21)10-13)20(27)22-15-5-3-4-14(11-15)17-7-9-19(26)24-23-17/h3-11H,12H2,1-2H3,(H,22,27)(H,24,26). The molecule has 0 aliphatic carbocycles. The first-order valence-electron chi connectivity index (χ1n) is 8.47. The Hall–Kier alpha value is -3.68. The number of H-pyrrole nitrogens is 1. The number of nitrogens with zero attached hydrogens (tertiary/aromatic N) is 2. The van der Waals surface area contributed by atoms with Crippen molar-refractivity contribution in [2.45, 2.75) is 6.54 Å². The van der Waals surface area contributed by atoms with E-state index in [0.29, 0.717) is 16.9 Å². The van der Waals surface area contributed by atoms with Gasteiger partial charge in [0.05, 0.1) is 12.8 Å². The molecule has 0 aliphatic heterocycles. The highest BCUT2D eigenvalue weighted by Gasteiger charge is 2.12. The molecule has 0 atom stereocenters. The molecule has 1 heterocycles. The van der Waals surface area contributed by atoms with Crippen LogP contribution in [0.1, 0.15) is 5.56 Å². The zero-order chi connectivity index (χ0) is 20.1. The van der Waals surface area contributed by atoms with Gasteiger partial charge in [-0.25, -0.2) is 14.3 Å². The fourth-order valence-corrected chi connectivity index (χ4v) is 2.63. The van der Waals surface area contributed by atoms with Crippen LogP contribution in [0.4, 0.5) is 14.9 Å². The minimum Gasteiger partial charge on any atom is -0.494 e. The molecule has 0 fully saturated rings. The van der Waals surface area contributed by atoms with Crippen LogP contribution in [0.3, 0.4) is 0 Å². The number of amides is 2. The van der Waals surface area contributed by atoms with Crippen LogP contribution >= 0.6 is 0 Å². The summed E-state index contributed by atoms with van der Waals surface area (Å²) in [7, 11) is 3.01. The van der Waals surface area contributed by atoms with Gasteiger partial charge in [-0.05, 0) is 35.9 Å². The summed E-state index contributed by atoms with van der Waals surface area (Å²) in [6, 6.07) is 14.3. The van der Waals surface area contributed by atoms with Crippen molar-refractivity contribution in [2.75, 3.05) is 19.5 Å². The number of methoxy groups -OCH3 is 1. The van der Waals surface area contributed by atoms with Gasteiger partial charge in [-0.2, -0.15) is 5.10 Å². The van der Waals surface area contributed by atoms with Crippen molar-refractivity contribution in [2.24, 2.45) is 0 Å². The van der Waals surface area contributed by atoms with E-state index in [4.69, 9.17) is 4.74 Å². The first-order valence-corrected chi connectivity index (χ1v) is 8.47. The van der Waals surface area contributed by atoms with Gasteiger partial charge in [0.2, 0.25) is 0 Å². The Bertz CT molecular complexity index is 1030. The molecule has 2 N–H and O–H groups in total. The monoisotopic (exact) mass is 382 g/mol. The zero-order valence-electron chi connectivity index (χ0n) is 15.4. The van der Waals surface area contributed by atoms with Crippen molar-refractivity contribution in [3.63, 3.8) is 0 Å². The zero-order valence-corrected chi connectivity index (χ0v) is 15.4. The molecule has 144 valence electrons. The van der Waals surface area contributed by atoms with E-state index in [9.17, 15) is 14.0 Å². The molecule has 28 heavy (non-hydrogen) atoms. The number of aromatic nitrogens is 2. The molecule has 8 heteroatoms. The molecule has 0 bridgehead atoms. The van der Waals surface area contributed by atoms with E-state index in [0.717, 1.165) is 5.56 Å². The Morgan fingerprint density at radius 1 is 1.21 bits per heavy atom. The van der Waals surface area contributed by atoms with Crippen LogP contribution in [0.2, 0.25) is 0 Å². The Morgan fingerprint density at radius 3 is 2.71 bits per heavy atom. The van der Waals surface area contributed by atoms with E-state index in [1.54, 1.807) is 37.4 Å². The van der Waals surface area contributed by atoms with Gasteiger partial charge in [-0.15, -0.1) is 0 Å². The Balaban J connectivity index is 1.68. The van der Waals surface area contributed by atoms with Crippen molar-refractivity contribution < 1.29 is 13.9 Å². The third kappa shape index (κ3) is 4.53. The van der Waals surface area contributed by atoms with Crippen LogP contribution in [-0.4, -0.2) is 35.3 Å². The summed E-state index contributed by atoms with van der Waals surface area (Å²) in [6.45, 7) is 0.230. The number of nitrogens with one attached hydrogen (secondary N) is 2. The largest absolute Gasteiger partial charge is 0.494 e. The summed E-state index contributed by atoms with van der Waals surface area (Å²) in [5.41, 5.74) is 2.25. The molecule has 0 saturated carbocycles. The molecular weight excluding hydrogens is 363 g/mol. The molecule has 0 unspecified atom stereocenters. The molecule has 3 aromatic rings. The molecule has 7 nitrogen and oxygen atoms in total. The van der Waals surface area contributed by atoms with Crippen LogP contribution in [0.25, 0.3) is 11.3 Å². The van der Waals surface area contributed by atoms with Gasteiger partial charge in [0, 0.05) is 30.9 Å². The highest BCUT2D eigenvalue weighted by molar-refractivity contribution is 5.89. The van der Waals surface area contributed by atoms with E-state index in [1.807, 2.05) is 6.07 Å². The molecule has 0 spiro atoms. The first-order chi connectivity index (χ1) is 13.5. The fourth-order valence-electron chi connectivity index (χ4n) is 2.63. The fraction of sp³-hybridized carbons (Fsp3) is 0.150. The number of benzene rings is 2. The van der Waals surface area contributed by atoms with Crippen LogP contribution in [0.15, 0.2) is 59.4 Å². The quantitative estimate of drug-likeness (QED) is 0.709. The van der Waals surface area contributed by atoms with E-state index in [1.165, 1.54) is 30.2 Å². The van der Waals surface area contributed by atoms with E-state index < -0.39 is 5.82 Å².